The van der Waals surface area contributed by atoms with Crippen LogP contribution in [-0.2, 0) is 4.79 Å². The van der Waals surface area contributed by atoms with Gasteiger partial charge in [-0.05, 0) is 25.1 Å². The molecule has 0 atom stereocenters. The van der Waals surface area contributed by atoms with Gasteiger partial charge in [0.05, 0.1) is 0 Å². The summed E-state index contributed by atoms with van der Waals surface area (Å²) in [7, 11) is 1.60. The molecule has 5 heteroatoms. The highest BCUT2D eigenvalue weighted by Gasteiger charge is 2.05. The summed E-state index contributed by atoms with van der Waals surface area (Å²) in [5.74, 6) is -0.0998. The first kappa shape index (κ1) is 13.0. The smallest absolute Gasteiger partial charge is 0.221 e. The van der Waals surface area contributed by atoms with Crippen LogP contribution in [0, 0.1) is 0 Å². The minimum absolute atomic E-state index is 0.0280. The molecule has 1 aromatic carbocycles. The van der Waals surface area contributed by atoms with E-state index in [1.54, 1.807) is 25.2 Å². The second kappa shape index (κ2) is 5.89. The molecule has 0 heterocycles. The predicted molar refractivity (Wildman–Crippen MR) is 68.0 cm³/mol. The molecule has 0 radical (unpaired) electrons. The third-order valence-electron chi connectivity index (χ3n) is 2.39. The van der Waals surface area contributed by atoms with Gasteiger partial charge in [-0.2, -0.15) is 0 Å². The fourth-order valence-corrected chi connectivity index (χ4v) is 1.42. The minimum Gasteiger partial charge on any atom is -0.398 e. The third kappa shape index (κ3) is 3.79. The number of benzene rings is 1. The van der Waals surface area contributed by atoms with Crippen LogP contribution in [0.5, 0.6) is 0 Å². The van der Waals surface area contributed by atoms with Crippen molar-refractivity contribution in [3.63, 3.8) is 0 Å². The number of rotatable bonds is 5. The molecule has 0 unspecified atom stereocenters. The van der Waals surface area contributed by atoms with E-state index in [1.807, 2.05) is 0 Å². The molecule has 1 amide bonds. The Morgan fingerprint density at radius 1 is 1.35 bits per heavy atom. The third-order valence-corrected chi connectivity index (χ3v) is 2.39. The summed E-state index contributed by atoms with van der Waals surface area (Å²) in [6, 6.07) is 5.16. The maximum Gasteiger partial charge on any atom is 0.221 e. The van der Waals surface area contributed by atoms with Gasteiger partial charge in [-0.1, -0.05) is 0 Å². The van der Waals surface area contributed by atoms with Crippen LogP contribution in [-0.4, -0.2) is 25.3 Å². The van der Waals surface area contributed by atoms with E-state index in [4.69, 9.17) is 5.73 Å². The lowest BCUT2D eigenvalue weighted by Crippen LogP contribution is -2.20. The van der Waals surface area contributed by atoms with E-state index in [-0.39, 0.29) is 11.7 Å². The maximum absolute atomic E-state index is 11.3. The van der Waals surface area contributed by atoms with E-state index in [2.05, 4.69) is 10.6 Å². The van der Waals surface area contributed by atoms with Crippen molar-refractivity contribution in [1.29, 1.82) is 0 Å². The van der Waals surface area contributed by atoms with Crippen molar-refractivity contribution in [2.45, 2.75) is 13.3 Å². The number of ketones is 1. The summed E-state index contributed by atoms with van der Waals surface area (Å²) in [5.41, 5.74) is 7.42. The van der Waals surface area contributed by atoms with Crippen LogP contribution in [0.1, 0.15) is 23.7 Å². The summed E-state index contributed by atoms with van der Waals surface area (Å²) in [4.78, 5) is 22.3. The van der Waals surface area contributed by atoms with Gasteiger partial charge in [0.2, 0.25) is 5.91 Å². The number of carbonyl (C=O) groups excluding carboxylic acids is 2. The largest absolute Gasteiger partial charge is 0.398 e. The van der Waals surface area contributed by atoms with Crippen molar-refractivity contribution in [2.24, 2.45) is 0 Å². The summed E-state index contributed by atoms with van der Waals surface area (Å²) in [5, 5.41) is 5.60. The first-order valence-corrected chi connectivity index (χ1v) is 5.39. The minimum atomic E-state index is -0.0718. The molecular formula is C12H17N3O2. The summed E-state index contributed by atoms with van der Waals surface area (Å²) in [6.07, 6.45) is 0.385. The van der Waals surface area contributed by atoms with Crippen LogP contribution in [0.15, 0.2) is 18.2 Å². The van der Waals surface area contributed by atoms with Gasteiger partial charge in [0, 0.05) is 37.0 Å². The van der Waals surface area contributed by atoms with Crippen LogP contribution in [0.2, 0.25) is 0 Å². The Morgan fingerprint density at radius 3 is 2.65 bits per heavy atom. The molecule has 0 bridgehead atoms. The lowest BCUT2D eigenvalue weighted by molar-refractivity contribution is -0.120. The van der Waals surface area contributed by atoms with Gasteiger partial charge in [0.1, 0.15) is 0 Å². The second-order valence-electron chi connectivity index (χ2n) is 3.71. The number of anilines is 2. The summed E-state index contributed by atoms with van der Waals surface area (Å²) < 4.78 is 0. The molecule has 1 rings (SSSR count). The standard InChI is InChI=1S/C12H17N3O2/c1-8(16)10-7-9(3-4-11(10)13)15-6-5-12(17)14-2/h3-4,7,15H,5-6,13H2,1-2H3,(H,14,17). The van der Waals surface area contributed by atoms with E-state index in [0.717, 1.165) is 5.69 Å². The molecule has 0 saturated carbocycles. The van der Waals surface area contributed by atoms with E-state index < -0.39 is 0 Å². The molecule has 0 fully saturated rings. The van der Waals surface area contributed by atoms with Crippen LogP contribution in [0.3, 0.4) is 0 Å². The number of hydrogen-bond acceptors (Lipinski definition) is 4. The molecule has 4 N–H and O–H groups in total. The number of nitrogens with one attached hydrogen (secondary N) is 2. The normalized spacial score (nSPS) is 9.76. The molecule has 0 aliphatic rings. The molecule has 17 heavy (non-hydrogen) atoms. The summed E-state index contributed by atoms with van der Waals surface area (Å²) >= 11 is 0. The highest BCUT2D eigenvalue weighted by atomic mass is 16.1. The lowest BCUT2D eigenvalue weighted by atomic mass is 10.1. The number of amides is 1. The molecule has 92 valence electrons. The van der Waals surface area contributed by atoms with Crippen molar-refractivity contribution in [3.05, 3.63) is 23.8 Å². The van der Waals surface area contributed by atoms with Crippen LogP contribution >= 0.6 is 0 Å². The molecule has 0 saturated heterocycles. The van der Waals surface area contributed by atoms with E-state index in [1.165, 1.54) is 6.92 Å². The zero-order chi connectivity index (χ0) is 12.8. The molecule has 0 spiro atoms. The van der Waals surface area contributed by atoms with E-state index in [9.17, 15) is 9.59 Å². The van der Waals surface area contributed by atoms with Crippen molar-refractivity contribution >= 4 is 23.1 Å². The van der Waals surface area contributed by atoms with Gasteiger partial charge in [-0.25, -0.2) is 0 Å². The molecular weight excluding hydrogens is 218 g/mol. The van der Waals surface area contributed by atoms with Crippen molar-refractivity contribution < 1.29 is 9.59 Å². The van der Waals surface area contributed by atoms with Gasteiger partial charge in [-0.15, -0.1) is 0 Å². The van der Waals surface area contributed by atoms with E-state index >= 15 is 0 Å². The van der Waals surface area contributed by atoms with Crippen molar-refractivity contribution in [3.8, 4) is 0 Å². The monoisotopic (exact) mass is 235 g/mol. The Balaban J connectivity index is 2.63. The zero-order valence-corrected chi connectivity index (χ0v) is 10.0. The topological polar surface area (TPSA) is 84.2 Å². The predicted octanol–water partition coefficient (Wildman–Crippen LogP) is 1.02. The Kier molecular flexibility index (Phi) is 4.51. The number of carbonyl (C=O) groups is 2. The Labute approximate surface area is 100 Å². The number of nitrogen functional groups attached to an aromatic ring is 1. The van der Waals surface area contributed by atoms with Gasteiger partial charge >= 0.3 is 0 Å². The number of Topliss-reactive ketones (excluding diaryl/α,β-unsaturated/α-hetero) is 1. The average Bonchev–Trinajstić information content (AvgIpc) is 2.30. The quantitative estimate of drug-likeness (QED) is 0.525. The van der Waals surface area contributed by atoms with Crippen molar-refractivity contribution in [2.75, 3.05) is 24.6 Å². The highest BCUT2D eigenvalue weighted by molar-refractivity contribution is 6.00. The van der Waals surface area contributed by atoms with Gasteiger partial charge in [-0.3, -0.25) is 9.59 Å². The molecule has 5 nitrogen and oxygen atoms in total. The Bertz CT molecular complexity index is 430. The Morgan fingerprint density at radius 2 is 2.06 bits per heavy atom. The zero-order valence-electron chi connectivity index (χ0n) is 10.0. The number of hydrogen-bond donors (Lipinski definition) is 3. The molecule has 1 aromatic rings. The van der Waals surface area contributed by atoms with Gasteiger partial charge < -0.3 is 16.4 Å². The molecule has 0 aliphatic carbocycles. The van der Waals surface area contributed by atoms with Gasteiger partial charge in [0.15, 0.2) is 5.78 Å². The van der Waals surface area contributed by atoms with Crippen molar-refractivity contribution in [1.82, 2.24) is 5.32 Å². The Hall–Kier alpha value is -2.04. The highest BCUT2D eigenvalue weighted by Crippen LogP contribution is 2.18. The summed E-state index contributed by atoms with van der Waals surface area (Å²) in [6.45, 7) is 1.99. The maximum atomic E-state index is 11.3. The average molecular weight is 235 g/mol. The number of nitrogens with two attached hydrogens (primary N) is 1. The van der Waals surface area contributed by atoms with Crippen LogP contribution in [0.4, 0.5) is 11.4 Å². The van der Waals surface area contributed by atoms with E-state index in [0.29, 0.717) is 24.2 Å². The van der Waals surface area contributed by atoms with Crippen LogP contribution in [0.25, 0.3) is 0 Å². The first-order valence-electron chi connectivity index (χ1n) is 5.39. The fourth-order valence-electron chi connectivity index (χ4n) is 1.42. The molecule has 0 aliphatic heterocycles. The molecule has 0 aromatic heterocycles. The second-order valence-corrected chi connectivity index (χ2v) is 3.71. The lowest BCUT2D eigenvalue weighted by Gasteiger charge is -2.08. The van der Waals surface area contributed by atoms with Crippen LogP contribution < -0.4 is 16.4 Å². The first-order chi connectivity index (χ1) is 8.04. The SMILES string of the molecule is CNC(=O)CCNc1ccc(N)c(C(C)=O)c1. The van der Waals surface area contributed by atoms with Gasteiger partial charge in [0.25, 0.3) is 0 Å². The fraction of sp³-hybridized carbons (Fsp3) is 0.333.